The van der Waals surface area contributed by atoms with E-state index in [1.165, 1.54) is 6.07 Å². The van der Waals surface area contributed by atoms with Crippen LogP contribution in [0.3, 0.4) is 0 Å². The second-order valence-electron chi connectivity index (χ2n) is 3.89. The molecule has 96 valence electrons. The molecule has 1 heterocycles. The van der Waals surface area contributed by atoms with E-state index >= 15 is 0 Å². The molecule has 0 saturated carbocycles. The lowest BCUT2D eigenvalue weighted by Crippen LogP contribution is -2.06. The van der Waals surface area contributed by atoms with Crippen molar-refractivity contribution >= 4 is 0 Å². The summed E-state index contributed by atoms with van der Waals surface area (Å²) in [5, 5.41) is 4.10. The van der Waals surface area contributed by atoms with Crippen molar-refractivity contribution in [3.63, 3.8) is 0 Å². The molecule has 5 heteroatoms. The lowest BCUT2D eigenvalue weighted by molar-refractivity contribution is 0.466. The zero-order valence-electron chi connectivity index (χ0n) is 10.3. The number of hydrogen-bond acceptors (Lipinski definition) is 3. The zero-order valence-corrected chi connectivity index (χ0v) is 10.3. The van der Waals surface area contributed by atoms with Gasteiger partial charge in [0, 0.05) is 12.1 Å². The fraction of sp³-hybridized carbons (Fsp3) is 0.308. The molecular formula is C13H16FN3O. The average Bonchev–Trinajstić information content (AvgIpc) is 2.81. The van der Waals surface area contributed by atoms with Gasteiger partial charge in [0.15, 0.2) is 5.75 Å². The molecule has 0 radical (unpaired) electrons. The van der Waals surface area contributed by atoms with Gasteiger partial charge in [-0.05, 0) is 32.0 Å². The largest absolute Gasteiger partial charge is 0.454 e. The summed E-state index contributed by atoms with van der Waals surface area (Å²) < 4.78 is 21.0. The third-order valence-corrected chi connectivity index (χ3v) is 2.63. The molecular weight excluding hydrogens is 233 g/mol. The SMILES string of the molecule is CCn1cc(Oc2cccc(F)c2CCN)cn1. The summed E-state index contributed by atoms with van der Waals surface area (Å²) in [6.07, 6.45) is 3.84. The Labute approximate surface area is 105 Å². The minimum Gasteiger partial charge on any atom is -0.454 e. The second-order valence-corrected chi connectivity index (χ2v) is 3.89. The van der Waals surface area contributed by atoms with Crippen LogP contribution < -0.4 is 10.5 Å². The molecule has 0 amide bonds. The van der Waals surface area contributed by atoms with Gasteiger partial charge in [0.1, 0.15) is 11.6 Å². The maximum absolute atomic E-state index is 13.7. The van der Waals surface area contributed by atoms with Gasteiger partial charge in [0.25, 0.3) is 0 Å². The smallest absolute Gasteiger partial charge is 0.165 e. The summed E-state index contributed by atoms with van der Waals surface area (Å²) in [5.74, 6) is 0.803. The van der Waals surface area contributed by atoms with E-state index in [4.69, 9.17) is 10.5 Å². The van der Waals surface area contributed by atoms with E-state index in [1.54, 1.807) is 29.2 Å². The first-order chi connectivity index (χ1) is 8.74. The molecule has 0 saturated heterocycles. The molecule has 2 rings (SSSR count). The van der Waals surface area contributed by atoms with E-state index in [0.717, 1.165) is 6.54 Å². The maximum atomic E-state index is 13.7. The highest BCUT2D eigenvalue weighted by molar-refractivity contribution is 5.38. The Morgan fingerprint density at radius 1 is 1.44 bits per heavy atom. The molecule has 1 aromatic heterocycles. The van der Waals surface area contributed by atoms with Gasteiger partial charge < -0.3 is 10.5 Å². The van der Waals surface area contributed by atoms with Crippen LogP contribution in [0.25, 0.3) is 0 Å². The first-order valence-corrected chi connectivity index (χ1v) is 5.92. The van der Waals surface area contributed by atoms with Crippen LogP contribution in [-0.2, 0) is 13.0 Å². The first-order valence-electron chi connectivity index (χ1n) is 5.92. The summed E-state index contributed by atoms with van der Waals surface area (Å²) in [6.45, 7) is 3.13. The molecule has 0 spiro atoms. The molecule has 0 aliphatic rings. The van der Waals surface area contributed by atoms with Gasteiger partial charge >= 0.3 is 0 Å². The van der Waals surface area contributed by atoms with Crippen LogP contribution in [0.1, 0.15) is 12.5 Å². The maximum Gasteiger partial charge on any atom is 0.165 e. The van der Waals surface area contributed by atoms with Crippen molar-refractivity contribution in [2.24, 2.45) is 5.73 Å². The van der Waals surface area contributed by atoms with Crippen LogP contribution in [0.15, 0.2) is 30.6 Å². The van der Waals surface area contributed by atoms with Gasteiger partial charge in [-0.15, -0.1) is 0 Å². The Balaban J connectivity index is 2.25. The van der Waals surface area contributed by atoms with Crippen LogP contribution in [0.4, 0.5) is 4.39 Å². The summed E-state index contributed by atoms with van der Waals surface area (Å²) >= 11 is 0. The average molecular weight is 249 g/mol. The number of aryl methyl sites for hydroxylation is 1. The van der Waals surface area contributed by atoms with E-state index in [0.29, 0.717) is 30.0 Å². The number of nitrogens with two attached hydrogens (primary N) is 1. The van der Waals surface area contributed by atoms with Crippen molar-refractivity contribution in [1.29, 1.82) is 0 Å². The Bertz CT molecular complexity index is 525. The van der Waals surface area contributed by atoms with Crippen molar-refractivity contribution in [3.05, 3.63) is 42.0 Å². The lowest BCUT2D eigenvalue weighted by Gasteiger charge is -2.09. The third-order valence-electron chi connectivity index (χ3n) is 2.63. The van der Waals surface area contributed by atoms with E-state index in [1.807, 2.05) is 6.92 Å². The molecule has 4 nitrogen and oxygen atoms in total. The van der Waals surface area contributed by atoms with Gasteiger partial charge in [0.2, 0.25) is 0 Å². The van der Waals surface area contributed by atoms with Crippen LogP contribution in [0, 0.1) is 5.82 Å². The van der Waals surface area contributed by atoms with Crippen molar-refractivity contribution in [1.82, 2.24) is 9.78 Å². The molecule has 0 unspecified atom stereocenters. The predicted molar refractivity (Wildman–Crippen MR) is 67.1 cm³/mol. The highest BCUT2D eigenvalue weighted by Gasteiger charge is 2.10. The normalized spacial score (nSPS) is 10.6. The molecule has 0 aliphatic carbocycles. The summed E-state index contributed by atoms with van der Waals surface area (Å²) in [4.78, 5) is 0. The topological polar surface area (TPSA) is 53.1 Å². The number of hydrogen-bond donors (Lipinski definition) is 1. The van der Waals surface area contributed by atoms with Crippen molar-refractivity contribution in [2.45, 2.75) is 19.9 Å². The highest BCUT2D eigenvalue weighted by atomic mass is 19.1. The molecule has 0 fully saturated rings. The summed E-state index contributed by atoms with van der Waals surface area (Å²) in [5.41, 5.74) is 5.98. The molecule has 1 aromatic carbocycles. The number of nitrogens with zero attached hydrogens (tertiary/aromatic N) is 2. The number of rotatable bonds is 5. The summed E-state index contributed by atoms with van der Waals surface area (Å²) in [6, 6.07) is 4.76. The monoisotopic (exact) mass is 249 g/mol. The molecule has 0 aliphatic heterocycles. The Morgan fingerprint density at radius 3 is 2.94 bits per heavy atom. The highest BCUT2D eigenvalue weighted by Crippen LogP contribution is 2.27. The Hall–Kier alpha value is -1.88. The van der Waals surface area contributed by atoms with Gasteiger partial charge in [0.05, 0.1) is 12.4 Å². The predicted octanol–water partition coefficient (Wildman–Crippen LogP) is 2.34. The van der Waals surface area contributed by atoms with Crippen LogP contribution in [-0.4, -0.2) is 16.3 Å². The standard InChI is InChI=1S/C13H16FN3O/c1-2-17-9-10(8-16-17)18-13-5-3-4-12(14)11(13)6-7-15/h3-5,8-9H,2,6-7,15H2,1H3. The second kappa shape index (κ2) is 5.64. The third kappa shape index (κ3) is 2.68. The Morgan fingerprint density at radius 2 is 2.28 bits per heavy atom. The van der Waals surface area contributed by atoms with Crippen molar-refractivity contribution in [3.8, 4) is 11.5 Å². The minimum absolute atomic E-state index is 0.291. The van der Waals surface area contributed by atoms with Gasteiger partial charge in [-0.25, -0.2) is 4.39 Å². The lowest BCUT2D eigenvalue weighted by atomic mass is 10.1. The quantitative estimate of drug-likeness (QED) is 0.884. The van der Waals surface area contributed by atoms with Gasteiger partial charge in [-0.2, -0.15) is 5.10 Å². The molecule has 2 aromatic rings. The first kappa shape index (κ1) is 12.6. The van der Waals surface area contributed by atoms with Crippen molar-refractivity contribution in [2.75, 3.05) is 6.54 Å². The van der Waals surface area contributed by atoms with Crippen molar-refractivity contribution < 1.29 is 9.13 Å². The van der Waals surface area contributed by atoms with Gasteiger partial charge in [-0.1, -0.05) is 6.07 Å². The van der Waals surface area contributed by atoms with E-state index in [2.05, 4.69) is 5.10 Å². The zero-order chi connectivity index (χ0) is 13.0. The van der Waals surface area contributed by atoms with E-state index in [9.17, 15) is 4.39 Å². The number of ether oxygens (including phenoxy) is 1. The Kier molecular flexibility index (Phi) is 3.94. The molecule has 2 N–H and O–H groups in total. The minimum atomic E-state index is -0.291. The number of halogens is 1. The number of aromatic nitrogens is 2. The molecule has 0 atom stereocenters. The fourth-order valence-corrected chi connectivity index (χ4v) is 1.72. The van der Waals surface area contributed by atoms with Gasteiger partial charge in [-0.3, -0.25) is 4.68 Å². The fourth-order valence-electron chi connectivity index (χ4n) is 1.72. The van der Waals surface area contributed by atoms with Crippen LogP contribution >= 0.6 is 0 Å². The van der Waals surface area contributed by atoms with Crippen LogP contribution in [0.2, 0.25) is 0 Å². The molecule has 0 bridgehead atoms. The number of benzene rings is 1. The molecule has 18 heavy (non-hydrogen) atoms. The summed E-state index contributed by atoms with van der Waals surface area (Å²) in [7, 11) is 0. The van der Waals surface area contributed by atoms with E-state index in [-0.39, 0.29) is 5.82 Å². The van der Waals surface area contributed by atoms with Crippen LogP contribution in [0.5, 0.6) is 11.5 Å². The van der Waals surface area contributed by atoms with E-state index < -0.39 is 0 Å².